The molecule has 1 atom stereocenters. The van der Waals surface area contributed by atoms with Crippen molar-refractivity contribution in [3.8, 4) is 0 Å². The maximum absolute atomic E-state index is 9.16. The summed E-state index contributed by atoms with van der Waals surface area (Å²) in [5.41, 5.74) is 6.87. The zero-order valence-electron chi connectivity index (χ0n) is 10.4. The second kappa shape index (κ2) is 5.19. The number of anilines is 1. The Balaban J connectivity index is 2.49. The second-order valence-electron chi connectivity index (χ2n) is 4.32. The summed E-state index contributed by atoms with van der Waals surface area (Å²) in [4.78, 5) is 0. The van der Waals surface area contributed by atoms with Gasteiger partial charge in [0.1, 0.15) is 0 Å². The van der Waals surface area contributed by atoms with Crippen molar-refractivity contribution in [2.24, 2.45) is 5.92 Å². The number of rotatable bonds is 4. The molecule has 0 aromatic heterocycles. The van der Waals surface area contributed by atoms with Gasteiger partial charge in [-0.2, -0.15) is 0 Å². The van der Waals surface area contributed by atoms with Crippen molar-refractivity contribution in [1.29, 1.82) is 0 Å². The van der Waals surface area contributed by atoms with E-state index in [4.69, 9.17) is 5.21 Å². The molecule has 0 spiro atoms. The number of para-hydroxylation sites is 1. The summed E-state index contributed by atoms with van der Waals surface area (Å²) in [5, 5.41) is 9.16. The Morgan fingerprint density at radius 2 is 2.00 bits per heavy atom. The summed E-state index contributed by atoms with van der Waals surface area (Å²) >= 11 is 0. The lowest BCUT2D eigenvalue weighted by Gasteiger charge is -2.14. The fourth-order valence-electron chi connectivity index (χ4n) is 2.55. The van der Waals surface area contributed by atoms with Gasteiger partial charge in [0.15, 0.2) is 0 Å². The molecule has 0 heterocycles. The Bertz CT molecular complexity index is 460. The van der Waals surface area contributed by atoms with Crippen molar-refractivity contribution in [1.82, 2.24) is 0 Å². The van der Waals surface area contributed by atoms with Crippen LogP contribution in [0, 0.1) is 5.92 Å². The molecule has 0 aliphatic heterocycles. The molecule has 2 rings (SSSR count). The van der Waals surface area contributed by atoms with E-state index in [0.29, 0.717) is 5.92 Å². The molecule has 1 unspecified atom stereocenters. The molecule has 1 aliphatic carbocycles. The standard InChI is InChI=1S/C15H19NO/c1-3-11-9-10-13(12(11)4-2)14-7-5-6-8-15(14)16-17/h5-11,16-17H,3-4H2,1-2H3. The Kier molecular flexibility index (Phi) is 3.64. The quantitative estimate of drug-likeness (QED) is 0.756. The number of hydrogen-bond acceptors (Lipinski definition) is 2. The number of hydrogen-bond donors (Lipinski definition) is 2. The van der Waals surface area contributed by atoms with Gasteiger partial charge < -0.3 is 0 Å². The van der Waals surface area contributed by atoms with Crippen molar-refractivity contribution in [2.75, 3.05) is 5.48 Å². The highest BCUT2D eigenvalue weighted by molar-refractivity contribution is 5.86. The maximum Gasteiger partial charge on any atom is 0.0680 e. The molecule has 1 aromatic carbocycles. The number of nitrogens with one attached hydrogen (secondary N) is 1. The Morgan fingerprint density at radius 3 is 2.65 bits per heavy atom. The summed E-state index contributed by atoms with van der Waals surface area (Å²) in [5.74, 6) is 0.557. The van der Waals surface area contributed by atoms with Crippen LogP contribution in [0.2, 0.25) is 0 Å². The Hall–Kier alpha value is -1.54. The molecule has 0 saturated heterocycles. The van der Waals surface area contributed by atoms with Crippen LogP contribution in [0.15, 0.2) is 42.0 Å². The summed E-state index contributed by atoms with van der Waals surface area (Å²) in [6, 6.07) is 7.86. The predicted molar refractivity (Wildman–Crippen MR) is 72.0 cm³/mol. The monoisotopic (exact) mass is 229 g/mol. The zero-order chi connectivity index (χ0) is 12.3. The molecule has 0 amide bonds. The zero-order valence-corrected chi connectivity index (χ0v) is 10.4. The van der Waals surface area contributed by atoms with Crippen LogP contribution in [0.4, 0.5) is 5.69 Å². The molecular weight excluding hydrogens is 210 g/mol. The topological polar surface area (TPSA) is 32.3 Å². The lowest BCUT2D eigenvalue weighted by atomic mass is 9.92. The van der Waals surface area contributed by atoms with Crippen molar-refractivity contribution >= 4 is 11.3 Å². The van der Waals surface area contributed by atoms with Crippen LogP contribution < -0.4 is 5.48 Å². The van der Waals surface area contributed by atoms with E-state index in [-0.39, 0.29) is 0 Å². The Labute approximate surface area is 103 Å². The summed E-state index contributed by atoms with van der Waals surface area (Å²) in [6.07, 6.45) is 6.64. The van der Waals surface area contributed by atoms with Crippen LogP contribution in [-0.2, 0) is 0 Å². The third-order valence-electron chi connectivity index (χ3n) is 3.45. The van der Waals surface area contributed by atoms with Gasteiger partial charge >= 0.3 is 0 Å². The van der Waals surface area contributed by atoms with Gasteiger partial charge in [-0.05, 0) is 30.4 Å². The van der Waals surface area contributed by atoms with Gasteiger partial charge in [0.25, 0.3) is 0 Å². The third kappa shape index (κ3) is 2.13. The molecular formula is C15H19NO. The molecule has 0 radical (unpaired) electrons. The van der Waals surface area contributed by atoms with E-state index in [9.17, 15) is 0 Å². The third-order valence-corrected chi connectivity index (χ3v) is 3.45. The van der Waals surface area contributed by atoms with Crippen LogP contribution in [-0.4, -0.2) is 5.21 Å². The van der Waals surface area contributed by atoms with E-state index >= 15 is 0 Å². The van der Waals surface area contributed by atoms with Gasteiger partial charge in [-0.1, -0.05) is 49.8 Å². The predicted octanol–water partition coefficient (Wildman–Crippen LogP) is 4.25. The van der Waals surface area contributed by atoms with E-state index in [1.165, 1.54) is 11.1 Å². The lowest BCUT2D eigenvalue weighted by molar-refractivity contribution is 0.388. The molecule has 0 saturated carbocycles. The smallest absolute Gasteiger partial charge is 0.0680 e. The Morgan fingerprint density at radius 1 is 1.24 bits per heavy atom. The average molecular weight is 229 g/mol. The highest BCUT2D eigenvalue weighted by atomic mass is 16.5. The molecule has 0 fully saturated rings. The van der Waals surface area contributed by atoms with Gasteiger partial charge in [-0.3, -0.25) is 10.7 Å². The first-order valence-corrected chi connectivity index (χ1v) is 6.22. The van der Waals surface area contributed by atoms with E-state index in [1.807, 2.05) is 24.3 Å². The molecule has 2 heteroatoms. The summed E-state index contributed by atoms with van der Waals surface area (Å²) in [6.45, 7) is 4.41. The van der Waals surface area contributed by atoms with Crippen molar-refractivity contribution < 1.29 is 5.21 Å². The minimum absolute atomic E-state index is 0.557. The average Bonchev–Trinajstić information content (AvgIpc) is 2.81. The molecule has 2 nitrogen and oxygen atoms in total. The minimum Gasteiger partial charge on any atom is -0.291 e. The first kappa shape index (κ1) is 11.9. The number of allylic oxidation sites excluding steroid dienone is 4. The summed E-state index contributed by atoms with van der Waals surface area (Å²) in [7, 11) is 0. The van der Waals surface area contributed by atoms with Gasteiger partial charge in [0.2, 0.25) is 0 Å². The van der Waals surface area contributed by atoms with Gasteiger partial charge in [-0.15, -0.1) is 0 Å². The van der Waals surface area contributed by atoms with Crippen molar-refractivity contribution in [2.45, 2.75) is 26.7 Å². The van der Waals surface area contributed by atoms with Gasteiger partial charge in [0, 0.05) is 5.56 Å². The van der Waals surface area contributed by atoms with Crippen molar-refractivity contribution in [3.63, 3.8) is 0 Å². The molecule has 2 N–H and O–H groups in total. The SMILES string of the molecule is CCC1=C(c2ccccc2NO)C=CC1CC. The highest BCUT2D eigenvalue weighted by Gasteiger charge is 2.19. The van der Waals surface area contributed by atoms with Crippen LogP contribution >= 0.6 is 0 Å². The van der Waals surface area contributed by atoms with E-state index in [2.05, 4.69) is 31.5 Å². The molecule has 1 aromatic rings. The van der Waals surface area contributed by atoms with E-state index in [0.717, 1.165) is 24.1 Å². The molecule has 17 heavy (non-hydrogen) atoms. The minimum atomic E-state index is 0.557. The van der Waals surface area contributed by atoms with Gasteiger partial charge in [-0.25, -0.2) is 0 Å². The van der Waals surface area contributed by atoms with Crippen LogP contribution in [0.1, 0.15) is 32.3 Å². The normalized spacial score (nSPS) is 18.9. The first-order valence-electron chi connectivity index (χ1n) is 6.22. The van der Waals surface area contributed by atoms with Crippen molar-refractivity contribution in [3.05, 3.63) is 47.6 Å². The summed E-state index contributed by atoms with van der Waals surface area (Å²) < 4.78 is 0. The highest BCUT2D eigenvalue weighted by Crippen LogP contribution is 2.38. The fourth-order valence-corrected chi connectivity index (χ4v) is 2.55. The maximum atomic E-state index is 9.16. The lowest BCUT2D eigenvalue weighted by Crippen LogP contribution is -1.99. The van der Waals surface area contributed by atoms with E-state index < -0.39 is 0 Å². The fraction of sp³-hybridized carbons (Fsp3) is 0.333. The first-order chi connectivity index (χ1) is 8.31. The van der Waals surface area contributed by atoms with Gasteiger partial charge in [0.05, 0.1) is 5.69 Å². The number of benzene rings is 1. The van der Waals surface area contributed by atoms with E-state index in [1.54, 1.807) is 0 Å². The largest absolute Gasteiger partial charge is 0.291 e. The van der Waals surface area contributed by atoms with Crippen LogP contribution in [0.3, 0.4) is 0 Å². The van der Waals surface area contributed by atoms with Crippen LogP contribution in [0.25, 0.3) is 5.57 Å². The van der Waals surface area contributed by atoms with Crippen LogP contribution in [0.5, 0.6) is 0 Å². The molecule has 1 aliphatic rings. The second-order valence-corrected chi connectivity index (χ2v) is 4.32. The molecule has 90 valence electrons. The molecule has 0 bridgehead atoms.